The number of aromatic nitrogens is 2. The third kappa shape index (κ3) is 5.85. The van der Waals surface area contributed by atoms with Gasteiger partial charge in [0.05, 0.1) is 28.0 Å². The van der Waals surface area contributed by atoms with Gasteiger partial charge in [0.2, 0.25) is 0 Å². The van der Waals surface area contributed by atoms with Crippen LogP contribution in [-0.2, 0) is 9.53 Å². The average Bonchev–Trinajstić information content (AvgIpc) is 2.96. The number of fused-ring (bicyclic) bond motifs is 1. The van der Waals surface area contributed by atoms with Crippen molar-refractivity contribution in [3.63, 3.8) is 0 Å². The van der Waals surface area contributed by atoms with Crippen molar-refractivity contribution in [2.24, 2.45) is 0 Å². The molecule has 1 heterocycles. The Hall–Kier alpha value is -4.84. The highest BCUT2D eigenvalue weighted by molar-refractivity contribution is 5.99. The molecule has 0 aliphatic heterocycles. The zero-order chi connectivity index (χ0) is 27.4. The normalized spacial score (nSPS) is 11.7. The lowest BCUT2D eigenvalue weighted by Gasteiger charge is -2.16. The standard InChI is InChI=1S/C33H29N3O3/c1-4-29(32(37)34-26-8-6-5-7-9-26)39-33(38)25-18-19-27-28(20-25)36-31(24-16-12-22(3)13-17-24)30(35-27)23-14-10-21(2)11-15-23/h5-20,29H,4H2,1-3H3,(H,34,37). The smallest absolute Gasteiger partial charge is 0.338 e. The summed E-state index contributed by atoms with van der Waals surface area (Å²) in [4.78, 5) is 35.7. The van der Waals surface area contributed by atoms with E-state index in [0.29, 0.717) is 28.7 Å². The summed E-state index contributed by atoms with van der Waals surface area (Å²) in [5.74, 6) is -0.963. The van der Waals surface area contributed by atoms with E-state index in [1.807, 2.05) is 68.4 Å². The van der Waals surface area contributed by atoms with Crippen molar-refractivity contribution in [3.05, 3.63) is 114 Å². The molecule has 0 aliphatic rings. The van der Waals surface area contributed by atoms with E-state index in [1.54, 1.807) is 37.3 Å². The number of hydrogen-bond donors (Lipinski definition) is 1. The van der Waals surface area contributed by atoms with Gasteiger partial charge < -0.3 is 10.1 Å². The second-order valence-corrected chi connectivity index (χ2v) is 9.51. The first kappa shape index (κ1) is 25.8. The number of anilines is 1. The van der Waals surface area contributed by atoms with Crippen molar-refractivity contribution < 1.29 is 14.3 Å². The Morgan fingerprint density at radius 1 is 0.744 bits per heavy atom. The summed E-state index contributed by atoms with van der Waals surface area (Å²) in [7, 11) is 0. The van der Waals surface area contributed by atoms with Crippen molar-refractivity contribution in [2.75, 3.05) is 5.32 Å². The van der Waals surface area contributed by atoms with Crippen LogP contribution in [-0.4, -0.2) is 27.9 Å². The Balaban J connectivity index is 1.47. The molecule has 5 rings (SSSR count). The van der Waals surface area contributed by atoms with Gasteiger partial charge in [0.15, 0.2) is 6.10 Å². The van der Waals surface area contributed by atoms with Crippen LogP contribution in [0.5, 0.6) is 0 Å². The summed E-state index contributed by atoms with van der Waals surface area (Å²) in [6.07, 6.45) is -0.582. The molecule has 0 radical (unpaired) electrons. The van der Waals surface area contributed by atoms with E-state index in [0.717, 1.165) is 33.6 Å². The molecular formula is C33H29N3O3. The number of nitrogens with zero attached hydrogens (tertiary/aromatic N) is 2. The molecule has 1 atom stereocenters. The zero-order valence-electron chi connectivity index (χ0n) is 22.1. The topological polar surface area (TPSA) is 81.2 Å². The van der Waals surface area contributed by atoms with Crippen LogP contribution < -0.4 is 5.32 Å². The third-order valence-corrected chi connectivity index (χ3v) is 6.50. The lowest BCUT2D eigenvalue weighted by molar-refractivity contribution is -0.124. The number of carbonyl (C=O) groups is 2. The molecule has 0 spiro atoms. The minimum Gasteiger partial charge on any atom is -0.449 e. The Bertz CT molecular complexity index is 1630. The molecule has 1 amide bonds. The van der Waals surface area contributed by atoms with Crippen LogP contribution in [0.15, 0.2) is 97.1 Å². The molecule has 4 aromatic carbocycles. The second-order valence-electron chi connectivity index (χ2n) is 9.51. The van der Waals surface area contributed by atoms with Crippen LogP contribution in [0.25, 0.3) is 33.5 Å². The van der Waals surface area contributed by atoms with E-state index in [2.05, 4.69) is 17.4 Å². The van der Waals surface area contributed by atoms with E-state index in [1.165, 1.54) is 0 Å². The lowest BCUT2D eigenvalue weighted by Crippen LogP contribution is -2.32. The van der Waals surface area contributed by atoms with Crippen molar-refractivity contribution in [3.8, 4) is 22.5 Å². The molecule has 1 N–H and O–H groups in total. The number of rotatable bonds is 7. The van der Waals surface area contributed by atoms with E-state index in [-0.39, 0.29) is 5.91 Å². The van der Waals surface area contributed by atoms with Gasteiger partial charge in [0.25, 0.3) is 5.91 Å². The van der Waals surface area contributed by atoms with E-state index in [4.69, 9.17) is 14.7 Å². The van der Waals surface area contributed by atoms with Crippen molar-refractivity contribution >= 4 is 28.6 Å². The van der Waals surface area contributed by atoms with E-state index in [9.17, 15) is 9.59 Å². The number of aryl methyl sites for hydroxylation is 2. The van der Waals surface area contributed by atoms with Crippen LogP contribution in [0.2, 0.25) is 0 Å². The minimum atomic E-state index is -0.925. The number of benzene rings is 4. The fraction of sp³-hybridized carbons (Fsp3) is 0.152. The quantitative estimate of drug-likeness (QED) is 0.233. The molecule has 5 aromatic rings. The highest BCUT2D eigenvalue weighted by atomic mass is 16.5. The first-order valence-corrected chi connectivity index (χ1v) is 12.9. The second kappa shape index (κ2) is 11.3. The number of hydrogen-bond acceptors (Lipinski definition) is 5. The molecule has 0 bridgehead atoms. The third-order valence-electron chi connectivity index (χ3n) is 6.50. The van der Waals surface area contributed by atoms with Crippen LogP contribution in [0.1, 0.15) is 34.8 Å². The summed E-state index contributed by atoms with van der Waals surface area (Å²) in [5, 5.41) is 2.80. The zero-order valence-corrected chi connectivity index (χ0v) is 22.1. The Morgan fingerprint density at radius 3 is 1.87 bits per heavy atom. The van der Waals surface area contributed by atoms with E-state index >= 15 is 0 Å². The van der Waals surface area contributed by atoms with Crippen LogP contribution in [0, 0.1) is 13.8 Å². The first-order valence-electron chi connectivity index (χ1n) is 12.9. The number of ether oxygens (including phenoxy) is 1. The monoisotopic (exact) mass is 515 g/mol. The Morgan fingerprint density at radius 2 is 1.31 bits per heavy atom. The van der Waals surface area contributed by atoms with Gasteiger partial charge in [-0.3, -0.25) is 4.79 Å². The molecule has 0 fully saturated rings. The molecule has 39 heavy (non-hydrogen) atoms. The van der Waals surface area contributed by atoms with Crippen molar-refractivity contribution in [2.45, 2.75) is 33.3 Å². The maximum atomic E-state index is 13.1. The average molecular weight is 516 g/mol. The van der Waals surface area contributed by atoms with Crippen LogP contribution in [0.3, 0.4) is 0 Å². The predicted molar refractivity (Wildman–Crippen MR) is 154 cm³/mol. The fourth-order valence-electron chi connectivity index (χ4n) is 4.27. The molecule has 1 unspecified atom stereocenters. The van der Waals surface area contributed by atoms with Crippen LogP contribution >= 0.6 is 0 Å². The van der Waals surface area contributed by atoms with Gasteiger partial charge in [0, 0.05) is 16.8 Å². The summed E-state index contributed by atoms with van der Waals surface area (Å²) >= 11 is 0. The highest BCUT2D eigenvalue weighted by Gasteiger charge is 2.23. The van der Waals surface area contributed by atoms with Gasteiger partial charge in [-0.15, -0.1) is 0 Å². The number of carbonyl (C=O) groups excluding carboxylic acids is 2. The van der Waals surface area contributed by atoms with Gasteiger partial charge in [-0.2, -0.15) is 0 Å². The van der Waals surface area contributed by atoms with Gasteiger partial charge in [0.1, 0.15) is 0 Å². The SMILES string of the molecule is CCC(OC(=O)c1ccc2nc(-c3ccc(C)cc3)c(-c3ccc(C)cc3)nc2c1)C(=O)Nc1ccccc1. The number of amides is 1. The Kier molecular flexibility index (Phi) is 7.46. The van der Waals surface area contributed by atoms with Gasteiger partial charge in [-0.25, -0.2) is 14.8 Å². The van der Waals surface area contributed by atoms with Crippen molar-refractivity contribution in [1.29, 1.82) is 0 Å². The highest BCUT2D eigenvalue weighted by Crippen LogP contribution is 2.31. The maximum absolute atomic E-state index is 13.1. The van der Waals surface area contributed by atoms with Gasteiger partial charge >= 0.3 is 5.97 Å². The van der Waals surface area contributed by atoms with Gasteiger partial charge in [-0.1, -0.05) is 84.8 Å². The molecule has 0 aliphatic carbocycles. The number of esters is 1. The summed E-state index contributed by atoms with van der Waals surface area (Å²) < 4.78 is 5.60. The molecule has 1 aromatic heterocycles. The molecule has 6 heteroatoms. The summed E-state index contributed by atoms with van der Waals surface area (Å²) in [6.45, 7) is 5.89. The maximum Gasteiger partial charge on any atom is 0.338 e. The summed E-state index contributed by atoms with van der Waals surface area (Å²) in [6, 6.07) is 30.5. The molecule has 0 saturated carbocycles. The van der Waals surface area contributed by atoms with E-state index < -0.39 is 12.1 Å². The summed E-state index contributed by atoms with van der Waals surface area (Å²) in [5.41, 5.74) is 7.88. The molecule has 0 saturated heterocycles. The number of para-hydroxylation sites is 1. The lowest BCUT2D eigenvalue weighted by atomic mass is 10.0. The van der Waals surface area contributed by atoms with Crippen molar-refractivity contribution in [1.82, 2.24) is 9.97 Å². The van der Waals surface area contributed by atoms with Crippen LogP contribution in [0.4, 0.5) is 5.69 Å². The molecular weight excluding hydrogens is 486 g/mol. The minimum absolute atomic E-state index is 0.306. The Labute approximate surface area is 227 Å². The predicted octanol–water partition coefficient (Wildman–Crippen LogP) is 7.15. The van der Waals surface area contributed by atoms with Gasteiger partial charge in [-0.05, 0) is 50.6 Å². The first-order chi connectivity index (χ1) is 18.9. The number of nitrogens with one attached hydrogen (secondary N) is 1. The molecule has 6 nitrogen and oxygen atoms in total. The molecule has 194 valence electrons. The largest absolute Gasteiger partial charge is 0.449 e. The fourth-order valence-corrected chi connectivity index (χ4v) is 4.27.